The minimum absolute atomic E-state index is 0. The molecule has 0 fully saturated rings. The average Bonchev–Trinajstić information content (AvgIpc) is 2.59. The van der Waals surface area contributed by atoms with Gasteiger partial charge in [-0.3, -0.25) is 4.79 Å². The van der Waals surface area contributed by atoms with Gasteiger partial charge in [0.1, 0.15) is 5.75 Å². The Bertz CT molecular complexity index is 774. The first kappa shape index (κ1) is 20.8. The second kappa shape index (κ2) is 9.88. The third-order valence-electron chi connectivity index (χ3n) is 3.13. The zero-order valence-electron chi connectivity index (χ0n) is 14.9. The van der Waals surface area contributed by atoms with E-state index in [0.29, 0.717) is 22.6 Å². The summed E-state index contributed by atoms with van der Waals surface area (Å²) in [7, 11) is 1.45. The van der Waals surface area contributed by atoms with Crippen molar-refractivity contribution in [1.82, 2.24) is 0 Å². The van der Waals surface area contributed by atoms with Gasteiger partial charge in [0.25, 0.3) is 0 Å². The Morgan fingerprint density at radius 2 is 1.84 bits per heavy atom. The molecule has 7 heteroatoms. The van der Waals surface area contributed by atoms with Crippen molar-refractivity contribution in [3.05, 3.63) is 59.7 Å². The van der Waals surface area contributed by atoms with Crippen molar-refractivity contribution in [3.63, 3.8) is 0 Å². The van der Waals surface area contributed by atoms with Gasteiger partial charge in [-0.15, -0.1) is 0 Å². The number of carbonyl (C=O) groups is 2. The fourth-order valence-electron chi connectivity index (χ4n) is 1.93. The molecule has 2 rings (SSSR count). The number of aliphatic carboxylic acids is 1. The van der Waals surface area contributed by atoms with Crippen LogP contribution < -0.4 is 39.0 Å². The molecule has 0 radical (unpaired) electrons. The summed E-state index contributed by atoms with van der Waals surface area (Å²) in [6.45, 7) is -0.435. The second-order valence-corrected chi connectivity index (χ2v) is 4.84. The molecule has 0 atom stereocenters. The fourth-order valence-corrected chi connectivity index (χ4v) is 1.93. The number of carboxylic acids is 1. The molecular formula is C18H17NaO6. The molecule has 0 amide bonds. The predicted molar refractivity (Wildman–Crippen MR) is 88.7 cm³/mol. The van der Waals surface area contributed by atoms with Crippen LogP contribution in [-0.4, -0.2) is 35.7 Å². The zero-order chi connectivity index (χ0) is 17.5. The van der Waals surface area contributed by atoms with Crippen molar-refractivity contribution in [3.8, 4) is 17.2 Å². The molecule has 0 aliphatic heterocycles. The molecular weight excluding hydrogens is 335 g/mol. The Balaban J connectivity index is 0.00000312. The minimum atomic E-state index is -1.07. The van der Waals surface area contributed by atoms with E-state index in [1.54, 1.807) is 30.3 Å². The van der Waals surface area contributed by atoms with E-state index in [-0.39, 0.29) is 42.5 Å². The molecule has 0 bridgehead atoms. The molecule has 0 saturated carbocycles. The van der Waals surface area contributed by atoms with Crippen LogP contribution in [-0.2, 0) is 4.79 Å². The Morgan fingerprint density at radius 3 is 2.44 bits per heavy atom. The summed E-state index contributed by atoms with van der Waals surface area (Å²) in [5.41, 5.74) is 1.15. The summed E-state index contributed by atoms with van der Waals surface area (Å²) in [6, 6.07) is 10.9. The standard InChI is InChI=1S/C18H16O6.Na.H/c1-23-17-10-12(3-9-16(17)20)2-8-15(19)13-4-6-14(7-5-13)24-11-18(21)22;;/h2-10,20H,11H2,1H3,(H,21,22);;/q;+1;-1. The Hall–Kier alpha value is -2.28. The normalized spacial score (nSPS) is 10.1. The topological polar surface area (TPSA) is 93.1 Å². The average molecular weight is 352 g/mol. The van der Waals surface area contributed by atoms with Crippen molar-refractivity contribution in [1.29, 1.82) is 0 Å². The maximum Gasteiger partial charge on any atom is 1.00 e. The van der Waals surface area contributed by atoms with Crippen LogP contribution in [0.5, 0.6) is 17.2 Å². The maximum absolute atomic E-state index is 12.1. The van der Waals surface area contributed by atoms with Gasteiger partial charge in [-0.25, -0.2) is 4.79 Å². The van der Waals surface area contributed by atoms with Crippen LogP contribution in [0.1, 0.15) is 17.3 Å². The quantitative estimate of drug-likeness (QED) is 0.410. The number of hydrogen-bond acceptors (Lipinski definition) is 5. The molecule has 0 saturated heterocycles. The van der Waals surface area contributed by atoms with Crippen molar-refractivity contribution >= 4 is 17.8 Å². The third kappa shape index (κ3) is 6.26. The molecule has 0 aliphatic rings. The van der Waals surface area contributed by atoms with Gasteiger partial charge in [0.2, 0.25) is 0 Å². The number of carbonyl (C=O) groups excluding carboxylic acids is 1. The van der Waals surface area contributed by atoms with Gasteiger partial charge in [0.15, 0.2) is 23.9 Å². The number of rotatable bonds is 7. The SMILES string of the molecule is COc1cc(C=CC(=O)c2ccc(OCC(=O)O)cc2)ccc1O.[H-].[Na+]. The fraction of sp³-hybridized carbons (Fsp3) is 0.111. The van der Waals surface area contributed by atoms with Crippen LogP contribution in [0.2, 0.25) is 0 Å². The van der Waals surface area contributed by atoms with E-state index in [4.69, 9.17) is 14.6 Å². The van der Waals surface area contributed by atoms with Crippen LogP contribution in [0.3, 0.4) is 0 Å². The summed E-state index contributed by atoms with van der Waals surface area (Å²) >= 11 is 0. The van der Waals surface area contributed by atoms with Crippen LogP contribution in [0.4, 0.5) is 0 Å². The monoisotopic (exact) mass is 352 g/mol. The molecule has 0 aliphatic carbocycles. The predicted octanol–water partition coefficient (Wildman–Crippen LogP) is -0.123. The number of allylic oxidation sites excluding steroid dienone is 1. The van der Waals surface area contributed by atoms with Gasteiger partial charge in [-0.1, -0.05) is 12.1 Å². The number of phenols is 1. The van der Waals surface area contributed by atoms with E-state index in [1.807, 2.05) is 0 Å². The first-order valence-corrected chi connectivity index (χ1v) is 7.03. The van der Waals surface area contributed by atoms with Crippen LogP contribution in [0.25, 0.3) is 6.08 Å². The largest absolute Gasteiger partial charge is 1.00 e. The first-order valence-electron chi connectivity index (χ1n) is 7.03. The molecule has 126 valence electrons. The van der Waals surface area contributed by atoms with E-state index in [9.17, 15) is 14.7 Å². The number of phenolic OH excluding ortho intramolecular Hbond substituents is 1. The van der Waals surface area contributed by atoms with Crippen LogP contribution >= 0.6 is 0 Å². The van der Waals surface area contributed by atoms with Gasteiger partial charge in [0, 0.05) is 5.56 Å². The third-order valence-corrected chi connectivity index (χ3v) is 3.13. The van der Waals surface area contributed by atoms with Gasteiger partial charge in [-0.05, 0) is 48.0 Å². The van der Waals surface area contributed by atoms with Crippen molar-refractivity contribution in [2.75, 3.05) is 13.7 Å². The van der Waals surface area contributed by atoms with Gasteiger partial charge in [-0.2, -0.15) is 0 Å². The molecule has 0 unspecified atom stereocenters. The van der Waals surface area contributed by atoms with Gasteiger partial charge < -0.3 is 21.1 Å². The molecule has 2 N–H and O–H groups in total. The van der Waals surface area contributed by atoms with Gasteiger partial charge in [0.05, 0.1) is 7.11 Å². The summed E-state index contributed by atoms with van der Waals surface area (Å²) in [6.07, 6.45) is 3.01. The number of methoxy groups -OCH3 is 1. The molecule has 2 aromatic rings. The number of benzene rings is 2. The number of aromatic hydroxyl groups is 1. The van der Waals surface area contributed by atoms with Crippen LogP contribution in [0, 0.1) is 0 Å². The van der Waals surface area contributed by atoms with Gasteiger partial charge >= 0.3 is 35.5 Å². The zero-order valence-corrected chi connectivity index (χ0v) is 15.9. The summed E-state index contributed by atoms with van der Waals surface area (Å²) in [5.74, 6) is -0.558. The molecule has 2 aromatic carbocycles. The molecule has 25 heavy (non-hydrogen) atoms. The minimum Gasteiger partial charge on any atom is -1.00 e. The van der Waals surface area contributed by atoms with Crippen molar-refractivity contribution in [2.45, 2.75) is 0 Å². The first-order chi connectivity index (χ1) is 11.5. The van der Waals surface area contributed by atoms with Crippen molar-refractivity contribution < 1.29 is 60.3 Å². The molecule has 0 aromatic heterocycles. The van der Waals surface area contributed by atoms with E-state index < -0.39 is 12.6 Å². The molecule has 0 heterocycles. The van der Waals surface area contributed by atoms with E-state index in [2.05, 4.69) is 0 Å². The van der Waals surface area contributed by atoms with E-state index >= 15 is 0 Å². The summed E-state index contributed by atoms with van der Waals surface area (Å²) in [5, 5.41) is 18.1. The molecule has 6 nitrogen and oxygen atoms in total. The number of hydrogen-bond donors (Lipinski definition) is 2. The van der Waals surface area contributed by atoms with E-state index in [0.717, 1.165) is 0 Å². The maximum atomic E-state index is 12.1. The Morgan fingerprint density at radius 1 is 1.16 bits per heavy atom. The summed E-state index contributed by atoms with van der Waals surface area (Å²) < 4.78 is 10.0. The number of ketones is 1. The number of ether oxygens (including phenoxy) is 2. The van der Waals surface area contributed by atoms with Crippen molar-refractivity contribution in [2.24, 2.45) is 0 Å². The molecule has 0 spiro atoms. The number of carboxylic acid groups (broad SMARTS) is 1. The van der Waals surface area contributed by atoms with Crippen LogP contribution in [0.15, 0.2) is 48.5 Å². The Labute approximate surface area is 168 Å². The smallest absolute Gasteiger partial charge is 1.00 e. The second-order valence-electron chi connectivity index (χ2n) is 4.84. The van der Waals surface area contributed by atoms with E-state index in [1.165, 1.54) is 31.4 Å². The Kier molecular flexibility index (Phi) is 8.21. The summed E-state index contributed by atoms with van der Waals surface area (Å²) in [4.78, 5) is 22.5.